The van der Waals surface area contributed by atoms with Crippen molar-refractivity contribution < 1.29 is 37.0 Å². The third-order valence-electron chi connectivity index (χ3n) is 7.04. The van der Waals surface area contributed by atoms with Gasteiger partial charge in [0.2, 0.25) is 0 Å². The summed E-state index contributed by atoms with van der Waals surface area (Å²) in [7, 11) is -4.02. The smallest absolute Gasteiger partial charge is 0.294 e. The molecule has 2 spiro atoms. The first kappa shape index (κ1) is 24.1. The third-order valence-corrected chi connectivity index (χ3v) is 7.91. The predicted octanol–water partition coefficient (Wildman–Crippen LogP) is 3.21. The van der Waals surface area contributed by atoms with E-state index in [0.717, 1.165) is 70.1 Å². The zero-order valence-corrected chi connectivity index (χ0v) is 19.4. The summed E-state index contributed by atoms with van der Waals surface area (Å²) < 4.78 is 53.5. The summed E-state index contributed by atoms with van der Waals surface area (Å²) in [4.78, 5) is -0.0666. The molecule has 1 aromatic carbocycles. The highest BCUT2D eigenvalue weighted by Gasteiger charge is 2.48. The molecule has 0 amide bonds. The maximum atomic E-state index is 10.5. The fourth-order valence-electron chi connectivity index (χ4n) is 5.06. The molecule has 180 valence electrons. The summed E-state index contributed by atoms with van der Waals surface area (Å²) in [6.07, 6.45) is 7.41. The van der Waals surface area contributed by atoms with Gasteiger partial charge in [-0.15, -0.1) is 0 Å². The molecule has 0 bridgehead atoms. The lowest BCUT2D eigenvalue weighted by molar-refractivity contribution is -0.211. The molecular formula is C23H34O8S. The quantitative estimate of drug-likeness (QED) is 0.634. The van der Waals surface area contributed by atoms with Crippen LogP contribution in [0.5, 0.6) is 0 Å². The highest BCUT2D eigenvalue weighted by molar-refractivity contribution is 7.85. The highest BCUT2D eigenvalue weighted by atomic mass is 32.2. The molecule has 0 aromatic heterocycles. The van der Waals surface area contributed by atoms with Crippen LogP contribution >= 0.6 is 0 Å². The van der Waals surface area contributed by atoms with Gasteiger partial charge in [0.15, 0.2) is 11.6 Å². The molecule has 8 nitrogen and oxygen atoms in total. The van der Waals surface area contributed by atoms with Crippen LogP contribution in [0.2, 0.25) is 0 Å². The zero-order valence-electron chi connectivity index (χ0n) is 18.6. The number of aliphatic hydroxyl groups excluding tert-OH is 1. The molecular weight excluding hydrogens is 436 g/mol. The maximum Gasteiger partial charge on any atom is 0.294 e. The molecule has 1 atom stereocenters. The first-order valence-electron chi connectivity index (χ1n) is 11.5. The summed E-state index contributed by atoms with van der Waals surface area (Å²) in [5.74, 6) is -0.142. The number of ether oxygens (including phenoxy) is 4. The summed E-state index contributed by atoms with van der Waals surface area (Å²) in [5.41, 5.74) is 0.956. The van der Waals surface area contributed by atoms with E-state index < -0.39 is 15.9 Å². The maximum absolute atomic E-state index is 10.5. The second kappa shape index (κ2) is 9.66. The van der Waals surface area contributed by atoms with Crippen LogP contribution in [0.15, 0.2) is 29.2 Å². The van der Waals surface area contributed by atoms with Gasteiger partial charge in [-0.2, -0.15) is 8.42 Å². The number of hydrogen-bond donors (Lipinski definition) is 2. The number of benzene rings is 1. The van der Waals surface area contributed by atoms with Crippen molar-refractivity contribution in [2.45, 2.75) is 87.0 Å². The minimum Gasteiger partial charge on any atom is -0.393 e. The Morgan fingerprint density at radius 2 is 1.44 bits per heavy atom. The molecule has 32 heavy (non-hydrogen) atoms. The standard InChI is InChI=1S/C16H26O5.C7H8O3S/c17-13-3-7-16(8-4-13)20-11-14(21-16)12-1-5-15(6-2-12)18-9-10-19-15;1-6-2-4-7(5-3-6)11(8,9)10/h12-14,17H,1-11H2;2-5H,1H3,(H,8,9,10). The van der Waals surface area contributed by atoms with Gasteiger partial charge in [-0.3, -0.25) is 4.55 Å². The second-order valence-electron chi connectivity index (χ2n) is 9.34. The lowest BCUT2D eigenvalue weighted by atomic mass is 9.82. The van der Waals surface area contributed by atoms with Crippen molar-refractivity contribution in [3.63, 3.8) is 0 Å². The van der Waals surface area contributed by atoms with Crippen molar-refractivity contribution >= 4 is 10.1 Å². The number of hydrogen-bond acceptors (Lipinski definition) is 7. The number of aliphatic hydroxyl groups is 1. The van der Waals surface area contributed by atoms with E-state index in [2.05, 4.69) is 0 Å². The van der Waals surface area contributed by atoms with Gasteiger partial charge < -0.3 is 24.1 Å². The summed E-state index contributed by atoms with van der Waals surface area (Å²) in [5, 5.41) is 9.65. The third kappa shape index (κ3) is 5.70. The van der Waals surface area contributed by atoms with Crippen molar-refractivity contribution in [1.82, 2.24) is 0 Å². The van der Waals surface area contributed by atoms with E-state index in [9.17, 15) is 13.5 Å². The Balaban J connectivity index is 0.000000189. The van der Waals surface area contributed by atoms with Gasteiger partial charge in [0.25, 0.3) is 10.1 Å². The van der Waals surface area contributed by atoms with E-state index in [1.54, 1.807) is 12.1 Å². The zero-order chi connectivity index (χ0) is 22.8. The first-order valence-corrected chi connectivity index (χ1v) is 12.9. The topological polar surface area (TPSA) is 112 Å². The molecule has 2 aliphatic carbocycles. The Morgan fingerprint density at radius 1 is 0.875 bits per heavy atom. The van der Waals surface area contributed by atoms with Crippen LogP contribution in [0, 0.1) is 12.8 Å². The minimum absolute atomic E-state index is 0.0666. The van der Waals surface area contributed by atoms with Crippen LogP contribution in [0.4, 0.5) is 0 Å². The molecule has 2 heterocycles. The van der Waals surface area contributed by atoms with Crippen molar-refractivity contribution in [3.05, 3.63) is 29.8 Å². The normalized spacial score (nSPS) is 29.7. The van der Waals surface area contributed by atoms with E-state index in [-0.39, 0.29) is 22.9 Å². The lowest BCUT2D eigenvalue weighted by Crippen LogP contribution is -2.40. The van der Waals surface area contributed by atoms with E-state index in [4.69, 9.17) is 23.5 Å². The first-order chi connectivity index (χ1) is 15.2. The molecule has 2 saturated heterocycles. The molecule has 2 saturated carbocycles. The summed E-state index contributed by atoms with van der Waals surface area (Å²) in [6, 6.07) is 5.99. The Labute approximate surface area is 189 Å². The van der Waals surface area contributed by atoms with Crippen LogP contribution in [0.25, 0.3) is 0 Å². The molecule has 0 radical (unpaired) electrons. The van der Waals surface area contributed by atoms with E-state index in [1.807, 2.05) is 6.92 Å². The molecule has 1 unspecified atom stereocenters. The van der Waals surface area contributed by atoms with Gasteiger partial charge in [-0.25, -0.2) is 0 Å². The van der Waals surface area contributed by atoms with Gasteiger partial charge in [0.1, 0.15) is 0 Å². The lowest BCUT2D eigenvalue weighted by Gasteiger charge is -2.38. The van der Waals surface area contributed by atoms with Crippen molar-refractivity contribution in [2.24, 2.45) is 5.92 Å². The summed E-state index contributed by atoms with van der Waals surface area (Å²) >= 11 is 0. The Hall–Kier alpha value is -1.07. The number of rotatable bonds is 2. The Bertz CT molecular complexity index is 844. The number of aryl methyl sites for hydroxylation is 1. The predicted molar refractivity (Wildman–Crippen MR) is 116 cm³/mol. The van der Waals surface area contributed by atoms with E-state index in [1.165, 1.54) is 12.1 Å². The molecule has 4 aliphatic rings. The molecule has 2 aliphatic heterocycles. The highest BCUT2D eigenvalue weighted by Crippen LogP contribution is 2.45. The van der Waals surface area contributed by atoms with Gasteiger partial charge >= 0.3 is 0 Å². The van der Waals surface area contributed by atoms with Crippen molar-refractivity contribution in [1.29, 1.82) is 0 Å². The van der Waals surface area contributed by atoms with Gasteiger partial charge in [-0.05, 0) is 50.7 Å². The average molecular weight is 471 g/mol. The minimum atomic E-state index is -4.02. The molecule has 4 fully saturated rings. The molecule has 2 N–H and O–H groups in total. The van der Waals surface area contributed by atoms with E-state index in [0.29, 0.717) is 12.5 Å². The van der Waals surface area contributed by atoms with Crippen molar-refractivity contribution in [2.75, 3.05) is 19.8 Å². The van der Waals surface area contributed by atoms with E-state index >= 15 is 0 Å². The molecule has 5 rings (SSSR count). The summed E-state index contributed by atoms with van der Waals surface area (Å²) in [6.45, 7) is 4.02. The fourth-order valence-corrected chi connectivity index (χ4v) is 5.54. The Morgan fingerprint density at radius 3 is 2.00 bits per heavy atom. The average Bonchev–Trinajstić information content (AvgIpc) is 3.39. The van der Waals surface area contributed by atoms with Crippen LogP contribution < -0.4 is 0 Å². The van der Waals surface area contributed by atoms with Crippen LogP contribution in [0.1, 0.15) is 56.9 Å². The largest absolute Gasteiger partial charge is 0.393 e. The van der Waals surface area contributed by atoms with Gasteiger partial charge in [0.05, 0.1) is 36.9 Å². The molecule has 1 aromatic rings. The fraction of sp³-hybridized carbons (Fsp3) is 0.739. The van der Waals surface area contributed by atoms with Gasteiger partial charge in [0, 0.05) is 25.7 Å². The molecule has 9 heteroatoms. The van der Waals surface area contributed by atoms with Crippen LogP contribution in [-0.4, -0.2) is 61.7 Å². The van der Waals surface area contributed by atoms with Crippen LogP contribution in [-0.2, 0) is 29.1 Å². The SMILES string of the molecule is Cc1ccc(S(=O)(=O)O)cc1.OC1CCC2(CC1)OCC(C1CCC3(CC1)OCCO3)O2. The van der Waals surface area contributed by atoms with Crippen molar-refractivity contribution in [3.8, 4) is 0 Å². The second-order valence-corrected chi connectivity index (χ2v) is 10.8. The Kier molecular flexibility index (Phi) is 7.26. The monoisotopic (exact) mass is 470 g/mol. The van der Waals surface area contributed by atoms with Gasteiger partial charge in [-0.1, -0.05) is 17.7 Å². The van der Waals surface area contributed by atoms with Crippen LogP contribution in [0.3, 0.4) is 0 Å².